The van der Waals surface area contributed by atoms with Crippen molar-refractivity contribution in [3.05, 3.63) is 45.3 Å². The second kappa shape index (κ2) is 6.87. The fourth-order valence-corrected chi connectivity index (χ4v) is 4.49. The van der Waals surface area contributed by atoms with Gasteiger partial charge in [-0.1, -0.05) is 23.2 Å². The first kappa shape index (κ1) is 17.1. The molecule has 2 rings (SSSR count). The molecule has 0 fully saturated rings. The average Bonchev–Trinajstić information content (AvgIpc) is 2.83. The summed E-state index contributed by atoms with van der Waals surface area (Å²) >= 11 is 12.8. The molecule has 1 aromatic heterocycles. The summed E-state index contributed by atoms with van der Waals surface area (Å²) in [5.41, 5.74) is 0.286. The van der Waals surface area contributed by atoms with Crippen molar-refractivity contribution in [2.24, 2.45) is 0 Å². The molecule has 1 aromatic carbocycles. The predicted octanol–water partition coefficient (Wildman–Crippen LogP) is 3.49. The minimum absolute atomic E-state index is 0.143. The SMILES string of the molecule is CC(=O)NCc1ccc(S(=O)(=O)Nc2cc(Cl)cc(Cl)c2)s1. The summed E-state index contributed by atoms with van der Waals surface area (Å²) in [6.07, 6.45) is 0. The first-order chi connectivity index (χ1) is 10.3. The zero-order chi connectivity index (χ0) is 16.3. The summed E-state index contributed by atoms with van der Waals surface area (Å²) in [4.78, 5) is 11.6. The topological polar surface area (TPSA) is 75.3 Å². The number of thiophene rings is 1. The summed E-state index contributed by atoms with van der Waals surface area (Å²) in [6, 6.07) is 7.58. The van der Waals surface area contributed by atoms with Gasteiger partial charge in [-0.3, -0.25) is 9.52 Å². The van der Waals surface area contributed by atoms with E-state index in [-0.39, 0.29) is 15.8 Å². The van der Waals surface area contributed by atoms with Crippen molar-refractivity contribution in [3.8, 4) is 0 Å². The van der Waals surface area contributed by atoms with E-state index in [1.54, 1.807) is 6.07 Å². The molecule has 1 heterocycles. The molecule has 0 aliphatic rings. The molecule has 22 heavy (non-hydrogen) atoms. The van der Waals surface area contributed by atoms with E-state index in [1.165, 1.54) is 31.2 Å². The molecule has 0 spiro atoms. The average molecular weight is 379 g/mol. The van der Waals surface area contributed by atoms with Crippen LogP contribution in [0, 0.1) is 0 Å². The molecule has 2 aromatic rings. The molecule has 5 nitrogen and oxygen atoms in total. The molecular weight excluding hydrogens is 367 g/mol. The van der Waals surface area contributed by atoms with Gasteiger partial charge in [-0.05, 0) is 30.3 Å². The van der Waals surface area contributed by atoms with Crippen LogP contribution in [0.5, 0.6) is 0 Å². The van der Waals surface area contributed by atoms with Gasteiger partial charge in [-0.2, -0.15) is 0 Å². The number of nitrogens with one attached hydrogen (secondary N) is 2. The van der Waals surface area contributed by atoms with Crippen molar-refractivity contribution in [1.29, 1.82) is 0 Å². The standard InChI is InChI=1S/C13H12Cl2N2O3S2/c1-8(18)16-7-12-2-3-13(21-12)22(19,20)17-11-5-9(14)4-10(15)6-11/h2-6,17H,7H2,1H3,(H,16,18). The van der Waals surface area contributed by atoms with Crippen LogP contribution in [0.3, 0.4) is 0 Å². The van der Waals surface area contributed by atoms with Crippen LogP contribution in [0.2, 0.25) is 10.0 Å². The van der Waals surface area contributed by atoms with E-state index in [4.69, 9.17) is 23.2 Å². The number of carbonyl (C=O) groups is 1. The number of sulfonamides is 1. The number of amides is 1. The van der Waals surface area contributed by atoms with E-state index in [0.717, 1.165) is 16.2 Å². The van der Waals surface area contributed by atoms with E-state index >= 15 is 0 Å². The summed E-state index contributed by atoms with van der Waals surface area (Å²) in [5, 5.41) is 3.28. The Balaban J connectivity index is 2.18. The van der Waals surface area contributed by atoms with Crippen LogP contribution in [-0.4, -0.2) is 14.3 Å². The van der Waals surface area contributed by atoms with Crippen LogP contribution in [0.25, 0.3) is 0 Å². The number of carbonyl (C=O) groups excluding carboxylic acids is 1. The lowest BCUT2D eigenvalue weighted by Gasteiger charge is -2.07. The molecule has 0 saturated heterocycles. The highest BCUT2D eigenvalue weighted by Gasteiger charge is 2.17. The third-order valence-corrected chi connectivity index (χ3v) is 5.92. The maximum Gasteiger partial charge on any atom is 0.271 e. The first-order valence-electron chi connectivity index (χ1n) is 6.08. The fourth-order valence-electron chi connectivity index (χ4n) is 1.63. The van der Waals surface area contributed by atoms with Gasteiger partial charge < -0.3 is 5.32 Å². The summed E-state index contributed by atoms with van der Waals surface area (Å²) in [5.74, 6) is -0.176. The quantitative estimate of drug-likeness (QED) is 0.835. The Morgan fingerprint density at radius 2 is 1.82 bits per heavy atom. The number of anilines is 1. The monoisotopic (exact) mass is 378 g/mol. The summed E-state index contributed by atoms with van der Waals surface area (Å²) < 4.78 is 27.2. The maximum absolute atomic E-state index is 12.3. The molecule has 2 N–H and O–H groups in total. The van der Waals surface area contributed by atoms with Crippen LogP contribution < -0.4 is 10.0 Å². The van der Waals surface area contributed by atoms with Gasteiger partial charge in [0.25, 0.3) is 10.0 Å². The zero-order valence-corrected chi connectivity index (χ0v) is 14.5. The van der Waals surface area contributed by atoms with Gasteiger partial charge in [-0.25, -0.2) is 8.42 Å². The van der Waals surface area contributed by atoms with Crippen molar-refractivity contribution < 1.29 is 13.2 Å². The molecule has 0 aliphatic carbocycles. The van der Waals surface area contributed by atoms with E-state index in [2.05, 4.69) is 10.0 Å². The molecule has 118 valence electrons. The minimum Gasteiger partial charge on any atom is -0.351 e. The van der Waals surface area contributed by atoms with Gasteiger partial charge in [0.2, 0.25) is 5.91 Å². The van der Waals surface area contributed by atoms with E-state index < -0.39 is 10.0 Å². The second-order valence-corrected chi connectivity index (χ2v) is 8.34. The van der Waals surface area contributed by atoms with Crippen LogP contribution in [-0.2, 0) is 21.4 Å². The van der Waals surface area contributed by atoms with E-state index in [1.807, 2.05) is 0 Å². The normalized spacial score (nSPS) is 11.2. The number of hydrogen-bond acceptors (Lipinski definition) is 4. The van der Waals surface area contributed by atoms with E-state index in [9.17, 15) is 13.2 Å². The minimum atomic E-state index is -3.73. The summed E-state index contributed by atoms with van der Waals surface area (Å²) in [7, 11) is -3.73. The fraction of sp³-hybridized carbons (Fsp3) is 0.154. The van der Waals surface area contributed by atoms with Crippen LogP contribution >= 0.6 is 34.5 Å². The van der Waals surface area contributed by atoms with Gasteiger partial charge in [0, 0.05) is 21.8 Å². The molecule has 9 heteroatoms. The third-order valence-electron chi connectivity index (χ3n) is 2.53. The molecule has 0 radical (unpaired) electrons. The Morgan fingerprint density at radius 1 is 1.18 bits per heavy atom. The molecule has 0 saturated carbocycles. The lowest BCUT2D eigenvalue weighted by atomic mass is 10.3. The number of benzene rings is 1. The maximum atomic E-state index is 12.3. The largest absolute Gasteiger partial charge is 0.351 e. The summed E-state index contributed by atoms with van der Waals surface area (Å²) in [6.45, 7) is 1.69. The zero-order valence-electron chi connectivity index (χ0n) is 11.4. The first-order valence-corrected chi connectivity index (χ1v) is 9.14. The Bertz CT molecular complexity index is 783. The second-order valence-electron chi connectivity index (χ2n) is 4.39. The Morgan fingerprint density at radius 3 is 2.41 bits per heavy atom. The van der Waals surface area contributed by atoms with Crippen molar-refractivity contribution in [1.82, 2.24) is 5.32 Å². The number of halogens is 2. The predicted molar refractivity (Wildman–Crippen MR) is 89.1 cm³/mol. The highest BCUT2D eigenvalue weighted by Crippen LogP contribution is 2.27. The van der Waals surface area contributed by atoms with Gasteiger partial charge in [0.15, 0.2) is 0 Å². The smallest absolute Gasteiger partial charge is 0.271 e. The van der Waals surface area contributed by atoms with Crippen molar-refractivity contribution in [2.75, 3.05) is 4.72 Å². The Labute approximate surface area is 142 Å². The number of rotatable bonds is 5. The Kier molecular flexibility index (Phi) is 5.33. The third kappa shape index (κ3) is 4.61. The van der Waals surface area contributed by atoms with Gasteiger partial charge in [-0.15, -0.1) is 11.3 Å². The highest BCUT2D eigenvalue weighted by molar-refractivity contribution is 7.94. The number of hydrogen-bond donors (Lipinski definition) is 2. The highest BCUT2D eigenvalue weighted by atomic mass is 35.5. The molecule has 1 amide bonds. The molecule has 0 bridgehead atoms. The molecule has 0 atom stereocenters. The molecular formula is C13H12Cl2N2O3S2. The molecule has 0 unspecified atom stereocenters. The van der Waals surface area contributed by atoms with Gasteiger partial charge in [0.05, 0.1) is 12.2 Å². The Hall–Kier alpha value is -1.28. The molecule has 0 aliphatic heterocycles. The van der Waals surface area contributed by atoms with Gasteiger partial charge in [0.1, 0.15) is 4.21 Å². The lowest BCUT2D eigenvalue weighted by Crippen LogP contribution is -2.18. The van der Waals surface area contributed by atoms with Crippen molar-refractivity contribution >= 4 is 56.2 Å². The van der Waals surface area contributed by atoms with Crippen LogP contribution in [0.4, 0.5) is 5.69 Å². The lowest BCUT2D eigenvalue weighted by molar-refractivity contribution is -0.119. The van der Waals surface area contributed by atoms with E-state index in [0.29, 0.717) is 16.6 Å². The van der Waals surface area contributed by atoms with Gasteiger partial charge >= 0.3 is 0 Å². The van der Waals surface area contributed by atoms with Crippen molar-refractivity contribution in [2.45, 2.75) is 17.7 Å². The van der Waals surface area contributed by atoms with Crippen LogP contribution in [0.1, 0.15) is 11.8 Å². The van der Waals surface area contributed by atoms with Crippen molar-refractivity contribution in [3.63, 3.8) is 0 Å². The van der Waals surface area contributed by atoms with Crippen LogP contribution in [0.15, 0.2) is 34.5 Å².